The van der Waals surface area contributed by atoms with E-state index in [1.165, 1.54) is 12.1 Å². The van der Waals surface area contributed by atoms with Crippen LogP contribution in [0.15, 0.2) is 42.5 Å². The normalized spacial score (nSPS) is 16.0. The van der Waals surface area contributed by atoms with Crippen molar-refractivity contribution in [2.24, 2.45) is 0 Å². The Bertz CT molecular complexity index is 762. The fraction of sp³-hybridized carbons (Fsp3) is 0.409. The highest BCUT2D eigenvalue weighted by molar-refractivity contribution is 5.88. The maximum Gasteiger partial charge on any atom is 0.230 e. The second kappa shape index (κ2) is 8.53. The molecule has 0 aliphatic carbocycles. The van der Waals surface area contributed by atoms with Crippen LogP contribution in [0.1, 0.15) is 29.5 Å². The number of ether oxygens (including phenoxy) is 2. The van der Waals surface area contributed by atoms with E-state index in [4.69, 9.17) is 9.47 Å². The van der Waals surface area contributed by atoms with Crippen molar-refractivity contribution in [2.45, 2.75) is 32.1 Å². The molecule has 0 spiro atoms. The zero-order chi connectivity index (χ0) is 19.3. The molecule has 0 atom stereocenters. The minimum Gasteiger partial charge on any atom is -0.491 e. The molecule has 0 aromatic heterocycles. The first kappa shape index (κ1) is 19.4. The average molecular weight is 371 g/mol. The first-order chi connectivity index (χ1) is 13.0. The molecule has 1 aliphatic rings. The number of hydrogen-bond donors (Lipinski definition) is 1. The Morgan fingerprint density at radius 2 is 1.74 bits per heavy atom. The van der Waals surface area contributed by atoms with Crippen molar-refractivity contribution in [2.75, 3.05) is 26.4 Å². The van der Waals surface area contributed by atoms with Crippen molar-refractivity contribution in [3.63, 3.8) is 0 Å². The Morgan fingerprint density at radius 3 is 2.37 bits per heavy atom. The second-order valence-corrected chi connectivity index (χ2v) is 7.03. The van der Waals surface area contributed by atoms with Gasteiger partial charge in [-0.15, -0.1) is 0 Å². The summed E-state index contributed by atoms with van der Waals surface area (Å²) in [7, 11) is 0. The molecule has 5 heteroatoms. The third-order valence-electron chi connectivity index (χ3n) is 5.22. The van der Waals surface area contributed by atoms with Crippen LogP contribution in [0.5, 0.6) is 5.75 Å². The first-order valence-electron chi connectivity index (χ1n) is 9.34. The van der Waals surface area contributed by atoms with Gasteiger partial charge in [-0.25, -0.2) is 4.39 Å². The lowest BCUT2D eigenvalue weighted by atomic mass is 9.73. The van der Waals surface area contributed by atoms with Gasteiger partial charge in [0.05, 0.1) is 12.0 Å². The van der Waals surface area contributed by atoms with Crippen LogP contribution >= 0.6 is 0 Å². The number of carbonyl (C=O) groups is 1. The van der Waals surface area contributed by atoms with Gasteiger partial charge in [0.25, 0.3) is 0 Å². The van der Waals surface area contributed by atoms with Gasteiger partial charge in [-0.1, -0.05) is 30.3 Å². The van der Waals surface area contributed by atoms with Crippen LogP contribution < -0.4 is 10.1 Å². The minimum atomic E-state index is -0.676. The molecule has 2 aromatic rings. The standard InChI is InChI=1S/C22H26FNO3/c1-16-4-3-5-17(2)20(16)27-15-12-24-21(25)22(10-13-26-14-11-22)18-6-8-19(23)9-7-18/h3-9H,10-15H2,1-2H3,(H,24,25). The lowest BCUT2D eigenvalue weighted by Crippen LogP contribution is -2.48. The Labute approximate surface area is 159 Å². The predicted molar refractivity (Wildman–Crippen MR) is 103 cm³/mol. The summed E-state index contributed by atoms with van der Waals surface area (Å²) in [6.45, 7) is 5.86. The van der Waals surface area contributed by atoms with Crippen LogP contribution in [0, 0.1) is 19.7 Å². The van der Waals surface area contributed by atoms with Crippen molar-refractivity contribution in [1.29, 1.82) is 0 Å². The Kier molecular flexibility index (Phi) is 6.11. The molecule has 0 bridgehead atoms. The lowest BCUT2D eigenvalue weighted by Gasteiger charge is -2.36. The van der Waals surface area contributed by atoms with E-state index >= 15 is 0 Å². The second-order valence-electron chi connectivity index (χ2n) is 7.03. The van der Waals surface area contributed by atoms with E-state index in [1.807, 2.05) is 32.0 Å². The molecule has 2 aromatic carbocycles. The summed E-state index contributed by atoms with van der Waals surface area (Å²) in [5, 5.41) is 3.00. The van der Waals surface area contributed by atoms with Gasteiger partial charge in [-0.3, -0.25) is 4.79 Å². The van der Waals surface area contributed by atoms with Gasteiger partial charge in [0, 0.05) is 13.2 Å². The van der Waals surface area contributed by atoms with Crippen molar-refractivity contribution >= 4 is 5.91 Å². The first-order valence-corrected chi connectivity index (χ1v) is 9.34. The summed E-state index contributed by atoms with van der Waals surface area (Å²) in [4.78, 5) is 13.0. The van der Waals surface area contributed by atoms with E-state index in [1.54, 1.807) is 12.1 Å². The molecule has 27 heavy (non-hydrogen) atoms. The maximum absolute atomic E-state index is 13.3. The van der Waals surface area contributed by atoms with Crippen LogP contribution in [0.25, 0.3) is 0 Å². The molecule has 4 nitrogen and oxygen atoms in total. The van der Waals surface area contributed by atoms with Crippen LogP contribution in [0.2, 0.25) is 0 Å². The van der Waals surface area contributed by atoms with E-state index < -0.39 is 5.41 Å². The third-order valence-corrected chi connectivity index (χ3v) is 5.22. The number of rotatable bonds is 6. The van der Waals surface area contributed by atoms with E-state index in [2.05, 4.69) is 5.32 Å². The molecule has 1 N–H and O–H groups in total. The largest absolute Gasteiger partial charge is 0.491 e. The summed E-state index contributed by atoms with van der Waals surface area (Å²) < 4.78 is 24.6. The molecular weight excluding hydrogens is 345 g/mol. The fourth-order valence-electron chi connectivity index (χ4n) is 3.65. The van der Waals surface area contributed by atoms with Gasteiger partial charge in [-0.05, 0) is 55.5 Å². The quantitative estimate of drug-likeness (QED) is 0.788. The van der Waals surface area contributed by atoms with Crippen molar-refractivity contribution in [3.05, 3.63) is 65.0 Å². The highest BCUT2D eigenvalue weighted by Gasteiger charge is 2.41. The number of amides is 1. The van der Waals surface area contributed by atoms with E-state index in [0.717, 1.165) is 22.4 Å². The maximum atomic E-state index is 13.3. The van der Waals surface area contributed by atoms with Crippen molar-refractivity contribution < 1.29 is 18.7 Å². The molecule has 144 valence electrons. The zero-order valence-corrected chi connectivity index (χ0v) is 15.9. The number of para-hydroxylation sites is 1. The van der Waals surface area contributed by atoms with Gasteiger partial charge in [0.15, 0.2) is 0 Å². The summed E-state index contributed by atoms with van der Waals surface area (Å²) in [5.41, 5.74) is 2.31. The van der Waals surface area contributed by atoms with Crippen LogP contribution in [0.4, 0.5) is 4.39 Å². The van der Waals surface area contributed by atoms with E-state index in [9.17, 15) is 9.18 Å². The molecule has 0 saturated carbocycles. The number of hydrogen-bond acceptors (Lipinski definition) is 3. The fourth-order valence-corrected chi connectivity index (χ4v) is 3.65. The van der Waals surface area contributed by atoms with Gasteiger partial charge in [0.1, 0.15) is 18.2 Å². The number of halogens is 1. The Morgan fingerprint density at radius 1 is 1.11 bits per heavy atom. The molecule has 1 fully saturated rings. The predicted octanol–water partition coefficient (Wildman–Crippen LogP) is 3.69. The number of nitrogens with one attached hydrogen (secondary N) is 1. The molecule has 1 amide bonds. The van der Waals surface area contributed by atoms with Crippen LogP contribution in [0.3, 0.4) is 0 Å². The van der Waals surface area contributed by atoms with Crippen molar-refractivity contribution in [1.82, 2.24) is 5.32 Å². The van der Waals surface area contributed by atoms with Crippen LogP contribution in [-0.4, -0.2) is 32.3 Å². The summed E-state index contributed by atoms with van der Waals surface area (Å²) in [6, 6.07) is 12.2. The average Bonchev–Trinajstić information content (AvgIpc) is 2.68. The SMILES string of the molecule is Cc1cccc(C)c1OCCNC(=O)C1(c2ccc(F)cc2)CCOCC1. The zero-order valence-electron chi connectivity index (χ0n) is 15.9. The molecule has 1 aliphatic heterocycles. The minimum absolute atomic E-state index is 0.0532. The summed E-state index contributed by atoms with van der Waals surface area (Å²) >= 11 is 0. The molecule has 0 unspecified atom stereocenters. The number of carbonyl (C=O) groups excluding carboxylic acids is 1. The van der Waals surface area contributed by atoms with Crippen molar-refractivity contribution in [3.8, 4) is 5.75 Å². The highest BCUT2D eigenvalue weighted by Crippen LogP contribution is 2.35. The summed E-state index contributed by atoms with van der Waals surface area (Å²) in [5.74, 6) is 0.511. The third kappa shape index (κ3) is 4.30. The van der Waals surface area contributed by atoms with Gasteiger partial charge in [0.2, 0.25) is 5.91 Å². The molecular formula is C22H26FNO3. The lowest BCUT2D eigenvalue weighted by molar-refractivity contribution is -0.130. The number of benzene rings is 2. The Balaban J connectivity index is 1.64. The molecule has 3 rings (SSSR count). The van der Waals surface area contributed by atoms with Gasteiger partial charge >= 0.3 is 0 Å². The number of aryl methyl sites for hydroxylation is 2. The van der Waals surface area contributed by atoms with Gasteiger partial charge < -0.3 is 14.8 Å². The Hall–Kier alpha value is -2.40. The molecule has 0 radical (unpaired) electrons. The van der Waals surface area contributed by atoms with E-state index in [-0.39, 0.29) is 11.7 Å². The van der Waals surface area contributed by atoms with E-state index in [0.29, 0.717) is 39.2 Å². The van der Waals surface area contributed by atoms with Gasteiger partial charge in [-0.2, -0.15) is 0 Å². The smallest absolute Gasteiger partial charge is 0.230 e. The van der Waals surface area contributed by atoms with Crippen LogP contribution in [-0.2, 0) is 14.9 Å². The summed E-state index contributed by atoms with van der Waals surface area (Å²) in [6.07, 6.45) is 1.17. The molecule has 1 heterocycles. The molecule has 1 saturated heterocycles. The topological polar surface area (TPSA) is 47.6 Å². The monoisotopic (exact) mass is 371 g/mol. The highest BCUT2D eigenvalue weighted by atomic mass is 19.1.